The van der Waals surface area contributed by atoms with Crippen LogP contribution in [0.2, 0.25) is 0 Å². The first kappa shape index (κ1) is 22.8. The predicted octanol–water partition coefficient (Wildman–Crippen LogP) is 5.25. The van der Waals surface area contributed by atoms with Gasteiger partial charge in [-0.1, -0.05) is 23.9 Å². The molecule has 0 radical (unpaired) electrons. The van der Waals surface area contributed by atoms with Crippen LogP contribution in [0.5, 0.6) is 0 Å². The second kappa shape index (κ2) is 10.1. The molecule has 8 nitrogen and oxygen atoms in total. The highest BCUT2D eigenvalue weighted by molar-refractivity contribution is 8.01. The quantitative estimate of drug-likeness (QED) is 0.276. The molecule has 3 heterocycles. The van der Waals surface area contributed by atoms with Gasteiger partial charge in [0.25, 0.3) is 0 Å². The summed E-state index contributed by atoms with van der Waals surface area (Å²) in [6.45, 7) is 2.68. The summed E-state index contributed by atoms with van der Waals surface area (Å²) in [5, 5.41) is 8.09. The van der Waals surface area contributed by atoms with Gasteiger partial charge in [-0.25, -0.2) is 14.5 Å². The summed E-state index contributed by atoms with van der Waals surface area (Å²) in [5.41, 5.74) is 2.53. The first-order valence-corrected chi connectivity index (χ1v) is 13.0. The van der Waals surface area contributed by atoms with Crippen LogP contribution in [0.4, 0.5) is 5.69 Å². The number of aromatic nitrogens is 3. The zero-order chi connectivity index (χ0) is 23.5. The van der Waals surface area contributed by atoms with Gasteiger partial charge >= 0.3 is 5.97 Å². The van der Waals surface area contributed by atoms with Gasteiger partial charge in [0.2, 0.25) is 5.91 Å². The van der Waals surface area contributed by atoms with Crippen LogP contribution in [-0.4, -0.2) is 45.6 Å². The van der Waals surface area contributed by atoms with Gasteiger partial charge in [-0.05, 0) is 56.5 Å². The minimum absolute atomic E-state index is 0.149. The Morgan fingerprint density at radius 2 is 2.15 bits per heavy atom. The third kappa shape index (κ3) is 4.79. The summed E-state index contributed by atoms with van der Waals surface area (Å²) < 4.78 is 14.8. The second-order valence-corrected chi connectivity index (χ2v) is 10.1. The van der Waals surface area contributed by atoms with Crippen molar-refractivity contribution in [3.8, 4) is 0 Å². The Kier molecular flexibility index (Phi) is 6.80. The fraction of sp³-hybridized carbons (Fsp3) is 0.333. The normalized spacial score (nSPS) is 16.1. The fourth-order valence-corrected chi connectivity index (χ4v) is 5.81. The van der Waals surface area contributed by atoms with E-state index in [0.717, 1.165) is 39.3 Å². The van der Waals surface area contributed by atoms with Gasteiger partial charge in [0.15, 0.2) is 16.3 Å². The van der Waals surface area contributed by atoms with E-state index in [1.165, 1.54) is 11.8 Å². The lowest BCUT2D eigenvalue weighted by Gasteiger charge is -2.23. The molecular formula is C24H24N4O4S2. The molecule has 1 unspecified atom stereocenters. The van der Waals surface area contributed by atoms with E-state index < -0.39 is 5.97 Å². The van der Waals surface area contributed by atoms with Crippen LogP contribution in [0.15, 0.2) is 46.8 Å². The lowest BCUT2D eigenvalue weighted by atomic mass is 10.1. The standard InChI is InChI=1S/C24H24N4O4S2/c1-2-31-23(30)22-16-13-15(10-11-18(16)28(27-22)21-9-5-6-12-32-21)25-20(29)14-33-24-26-17-7-3-4-8-19(17)34-24/h3-4,7-8,10-11,13,21H,2,5-6,9,12,14H2,1H3,(H,25,29). The van der Waals surface area contributed by atoms with Crippen LogP contribution in [-0.2, 0) is 14.3 Å². The molecular weight excluding hydrogens is 472 g/mol. The highest BCUT2D eigenvalue weighted by Gasteiger charge is 2.25. The maximum absolute atomic E-state index is 12.6. The van der Waals surface area contributed by atoms with E-state index in [2.05, 4.69) is 15.4 Å². The van der Waals surface area contributed by atoms with E-state index in [1.54, 1.807) is 29.0 Å². The monoisotopic (exact) mass is 496 g/mol. The van der Waals surface area contributed by atoms with Gasteiger partial charge in [0.1, 0.15) is 0 Å². The van der Waals surface area contributed by atoms with E-state index in [-0.39, 0.29) is 30.2 Å². The minimum atomic E-state index is -0.489. The van der Waals surface area contributed by atoms with Gasteiger partial charge in [-0.2, -0.15) is 5.10 Å². The summed E-state index contributed by atoms with van der Waals surface area (Å²) in [6.07, 6.45) is 2.68. The summed E-state index contributed by atoms with van der Waals surface area (Å²) in [7, 11) is 0. The second-order valence-electron chi connectivity index (χ2n) is 7.85. The number of carbonyl (C=O) groups is 2. The molecule has 2 aromatic heterocycles. The van der Waals surface area contributed by atoms with Crippen molar-refractivity contribution in [1.29, 1.82) is 0 Å². The molecule has 1 aliphatic rings. The maximum Gasteiger partial charge on any atom is 0.359 e. The Hall–Kier alpha value is -2.95. The lowest BCUT2D eigenvalue weighted by molar-refractivity contribution is -0.113. The van der Waals surface area contributed by atoms with Crippen molar-refractivity contribution in [3.05, 3.63) is 48.2 Å². The molecule has 0 spiro atoms. The number of amides is 1. The molecule has 1 saturated heterocycles. The lowest BCUT2D eigenvalue weighted by Crippen LogP contribution is -2.19. The molecule has 5 rings (SSSR count). The van der Waals surface area contributed by atoms with Crippen molar-refractivity contribution in [2.45, 2.75) is 36.8 Å². The molecule has 10 heteroatoms. The van der Waals surface area contributed by atoms with Crippen LogP contribution >= 0.6 is 23.1 Å². The summed E-state index contributed by atoms with van der Waals surface area (Å²) in [6, 6.07) is 13.4. The third-order valence-electron chi connectivity index (χ3n) is 5.49. The van der Waals surface area contributed by atoms with E-state index in [0.29, 0.717) is 17.7 Å². The molecule has 1 atom stereocenters. The number of ether oxygens (including phenoxy) is 2. The van der Waals surface area contributed by atoms with Gasteiger partial charge in [0, 0.05) is 17.7 Å². The van der Waals surface area contributed by atoms with Crippen molar-refractivity contribution < 1.29 is 19.1 Å². The van der Waals surface area contributed by atoms with Crippen molar-refractivity contribution in [2.24, 2.45) is 0 Å². The Balaban J connectivity index is 1.34. The minimum Gasteiger partial charge on any atom is -0.461 e. The number of para-hydroxylation sites is 1. The summed E-state index contributed by atoms with van der Waals surface area (Å²) >= 11 is 2.97. The van der Waals surface area contributed by atoms with Crippen LogP contribution in [0.3, 0.4) is 0 Å². The van der Waals surface area contributed by atoms with Gasteiger partial charge in [0.05, 0.1) is 28.1 Å². The van der Waals surface area contributed by atoms with Gasteiger partial charge in [-0.15, -0.1) is 11.3 Å². The number of anilines is 1. The van der Waals surface area contributed by atoms with Crippen molar-refractivity contribution >= 4 is 61.8 Å². The molecule has 1 fully saturated rings. The number of carbonyl (C=O) groups excluding carboxylic acids is 2. The van der Waals surface area contributed by atoms with Crippen molar-refractivity contribution in [1.82, 2.24) is 14.8 Å². The third-order valence-corrected chi connectivity index (χ3v) is 7.67. The number of nitrogens with zero attached hydrogens (tertiary/aromatic N) is 3. The largest absolute Gasteiger partial charge is 0.461 e. The number of benzene rings is 2. The molecule has 4 aromatic rings. The first-order chi connectivity index (χ1) is 16.6. The average Bonchev–Trinajstić information content (AvgIpc) is 3.44. The number of hydrogen-bond donors (Lipinski definition) is 1. The van der Waals surface area contributed by atoms with Gasteiger partial charge in [-0.3, -0.25) is 4.79 Å². The molecule has 1 amide bonds. The molecule has 0 saturated carbocycles. The molecule has 0 aliphatic carbocycles. The Morgan fingerprint density at radius 1 is 1.26 bits per heavy atom. The van der Waals surface area contributed by atoms with Crippen LogP contribution < -0.4 is 5.32 Å². The number of fused-ring (bicyclic) bond motifs is 2. The van der Waals surface area contributed by atoms with Crippen molar-refractivity contribution in [2.75, 3.05) is 24.3 Å². The predicted molar refractivity (Wildman–Crippen MR) is 134 cm³/mol. The summed E-state index contributed by atoms with van der Waals surface area (Å²) in [4.78, 5) is 29.8. The Bertz CT molecular complexity index is 1310. The van der Waals surface area contributed by atoms with Crippen molar-refractivity contribution in [3.63, 3.8) is 0 Å². The SMILES string of the molecule is CCOC(=O)c1nn(C2CCCCO2)c2ccc(NC(=O)CSc3nc4ccccc4s3)cc12. The topological polar surface area (TPSA) is 95.3 Å². The molecule has 1 N–H and O–H groups in total. The molecule has 176 valence electrons. The van der Waals surface area contributed by atoms with E-state index >= 15 is 0 Å². The van der Waals surface area contributed by atoms with Crippen LogP contribution in [0, 0.1) is 0 Å². The number of thiazole rings is 1. The molecule has 2 aromatic carbocycles. The molecule has 34 heavy (non-hydrogen) atoms. The number of nitrogens with one attached hydrogen (secondary N) is 1. The van der Waals surface area contributed by atoms with E-state index in [1.807, 2.05) is 36.4 Å². The zero-order valence-corrected chi connectivity index (χ0v) is 20.3. The van der Waals surface area contributed by atoms with Gasteiger partial charge < -0.3 is 14.8 Å². The Labute approximate surface area is 204 Å². The number of esters is 1. The van der Waals surface area contributed by atoms with E-state index in [4.69, 9.17) is 9.47 Å². The molecule has 0 bridgehead atoms. The Morgan fingerprint density at radius 3 is 2.94 bits per heavy atom. The fourth-order valence-electron chi connectivity index (χ4n) is 3.94. The average molecular weight is 497 g/mol. The molecule has 1 aliphatic heterocycles. The number of thioether (sulfide) groups is 1. The van der Waals surface area contributed by atoms with E-state index in [9.17, 15) is 9.59 Å². The smallest absolute Gasteiger partial charge is 0.359 e. The summed E-state index contributed by atoms with van der Waals surface area (Å²) in [5.74, 6) is -0.404. The highest BCUT2D eigenvalue weighted by Crippen LogP contribution is 2.31. The first-order valence-electron chi connectivity index (χ1n) is 11.2. The zero-order valence-electron chi connectivity index (χ0n) is 18.7. The maximum atomic E-state index is 12.6. The highest BCUT2D eigenvalue weighted by atomic mass is 32.2. The van der Waals surface area contributed by atoms with Crippen LogP contribution in [0.25, 0.3) is 21.1 Å². The number of hydrogen-bond acceptors (Lipinski definition) is 8. The van der Waals surface area contributed by atoms with Crippen LogP contribution in [0.1, 0.15) is 42.9 Å². The number of rotatable bonds is 7.